The first-order valence-corrected chi connectivity index (χ1v) is 10.0. The van der Waals surface area contributed by atoms with Crippen molar-refractivity contribution >= 4 is 11.1 Å². The number of aliphatic hydroxyl groups is 2. The van der Waals surface area contributed by atoms with Gasteiger partial charge in [0.25, 0.3) is 0 Å². The second-order valence-electron chi connectivity index (χ2n) is 7.08. The summed E-state index contributed by atoms with van der Waals surface area (Å²) in [6.07, 6.45) is -0.813. The summed E-state index contributed by atoms with van der Waals surface area (Å²) in [4.78, 5) is 0. The van der Waals surface area contributed by atoms with Crippen molar-refractivity contribution < 1.29 is 14.9 Å². The molecule has 0 heterocycles. The molecule has 0 aliphatic carbocycles. The predicted molar refractivity (Wildman–Crippen MR) is 119 cm³/mol. The molecule has 0 amide bonds. The van der Waals surface area contributed by atoms with Gasteiger partial charge in [0.2, 0.25) is 0 Å². The highest BCUT2D eigenvalue weighted by Crippen LogP contribution is 2.34. The van der Waals surface area contributed by atoms with Crippen LogP contribution in [0.3, 0.4) is 0 Å². The molecule has 0 aliphatic heterocycles. The average Bonchev–Trinajstić information content (AvgIpc) is 2.77. The Morgan fingerprint density at radius 1 is 0.759 bits per heavy atom. The Kier molecular flexibility index (Phi) is 7.23. The number of rotatable bonds is 8. The zero-order chi connectivity index (χ0) is 20.6. The minimum Gasteiger partial charge on any atom is -0.491 e. The molecule has 0 bridgehead atoms. The van der Waals surface area contributed by atoms with Gasteiger partial charge in [-0.1, -0.05) is 79.7 Å². The Hall–Kier alpha value is -2.88. The number of hydrogen-bond donors (Lipinski definition) is 2. The van der Waals surface area contributed by atoms with Gasteiger partial charge in [-0.2, -0.15) is 0 Å². The van der Waals surface area contributed by atoms with Gasteiger partial charge < -0.3 is 14.9 Å². The van der Waals surface area contributed by atoms with E-state index in [-0.39, 0.29) is 6.61 Å². The molecule has 3 heteroatoms. The van der Waals surface area contributed by atoms with Gasteiger partial charge in [0.1, 0.15) is 18.5 Å². The molecule has 3 nitrogen and oxygen atoms in total. The van der Waals surface area contributed by atoms with Gasteiger partial charge in [0, 0.05) is 0 Å². The molecule has 0 radical (unpaired) electrons. The highest BCUT2D eigenvalue weighted by atomic mass is 16.5. The molecule has 2 N–H and O–H groups in total. The van der Waals surface area contributed by atoms with Gasteiger partial charge in [-0.3, -0.25) is 0 Å². The summed E-state index contributed by atoms with van der Waals surface area (Å²) in [5.41, 5.74) is 5.99. The van der Waals surface area contributed by atoms with Gasteiger partial charge >= 0.3 is 0 Å². The topological polar surface area (TPSA) is 49.7 Å². The van der Waals surface area contributed by atoms with Crippen molar-refractivity contribution in [1.29, 1.82) is 0 Å². The fourth-order valence-corrected chi connectivity index (χ4v) is 3.32. The third kappa shape index (κ3) is 5.35. The van der Waals surface area contributed by atoms with E-state index < -0.39 is 12.2 Å². The monoisotopic (exact) mass is 388 g/mol. The zero-order valence-electron chi connectivity index (χ0n) is 17.0. The standard InChI is InChI=1S/C26H28O3/c1-3-24(20-10-6-4-7-11-20)26(21-12-8-5-9-13-21)22-14-16-23(17-15-22)29-18-25(28)19(2)27/h4-17,19,25,27-28H,3,18H2,1-2H3/b26-24-/t19-,25-/m1/s1. The van der Waals surface area contributed by atoms with E-state index in [0.29, 0.717) is 5.75 Å². The van der Waals surface area contributed by atoms with E-state index in [1.165, 1.54) is 22.3 Å². The quantitative estimate of drug-likeness (QED) is 0.523. The maximum Gasteiger partial charge on any atom is 0.119 e. The summed E-state index contributed by atoms with van der Waals surface area (Å²) in [6.45, 7) is 3.78. The minimum absolute atomic E-state index is 0.0582. The van der Waals surface area contributed by atoms with Crippen LogP contribution in [0.2, 0.25) is 0 Å². The first-order valence-electron chi connectivity index (χ1n) is 10.0. The Bertz CT molecular complexity index is 913. The minimum atomic E-state index is -0.903. The van der Waals surface area contributed by atoms with Crippen molar-refractivity contribution in [2.24, 2.45) is 0 Å². The van der Waals surface area contributed by atoms with Crippen molar-refractivity contribution in [3.63, 3.8) is 0 Å². The van der Waals surface area contributed by atoms with E-state index in [9.17, 15) is 10.2 Å². The average molecular weight is 389 g/mol. The van der Waals surface area contributed by atoms with Crippen LogP contribution < -0.4 is 4.74 Å². The lowest BCUT2D eigenvalue weighted by atomic mass is 9.88. The molecule has 2 atom stereocenters. The smallest absolute Gasteiger partial charge is 0.119 e. The summed E-state index contributed by atoms with van der Waals surface area (Å²) in [7, 11) is 0. The number of ether oxygens (including phenoxy) is 1. The molecular weight excluding hydrogens is 360 g/mol. The van der Waals surface area contributed by atoms with Crippen molar-refractivity contribution in [3.8, 4) is 5.75 Å². The summed E-state index contributed by atoms with van der Waals surface area (Å²) in [5.74, 6) is 0.665. The molecule has 0 fully saturated rings. The highest BCUT2D eigenvalue weighted by molar-refractivity contribution is 5.98. The van der Waals surface area contributed by atoms with E-state index in [4.69, 9.17) is 4.74 Å². The van der Waals surface area contributed by atoms with Crippen molar-refractivity contribution in [3.05, 3.63) is 102 Å². The first kappa shape index (κ1) is 20.8. The summed E-state index contributed by atoms with van der Waals surface area (Å²) in [5, 5.41) is 19.1. The molecule has 0 aliphatic rings. The Labute approximate surface area is 172 Å². The molecule has 3 rings (SSSR count). The third-order valence-corrected chi connectivity index (χ3v) is 4.96. The molecule has 3 aromatic rings. The van der Waals surface area contributed by atoms with E-state index >= 15 is 0 Å². The molecule has 0 spiro atoms. The molecular formula is C26H28O3. The number of benzene rings is 3. The lowest BCUT2D eigenvalue weighted by molar-refractivity contribution is 0.00227. The van der Waals surface area contributed by atoms with E-state index in [2.05, 4.69) is 55.5 Å². The molecule has 0 aromatic heterocycles. The molecule has 0 saturated carbocycles. The van der Waals surface area contributed by atoms with Gasteiger partial charge in [0.15, 0.2) is 0 Å². The van der Waals surface area contributed by atoms with Crippen LogP contribution in [0.1, 0.15) is 37.0 Å². The van der Waals surface area contributed by atoms with Crippen LogP contribution in [0, 0.1) is 0 Å². The van der Waals surface area contributed by atoms with Crippen LogP contribution in [0.25, 0.3) is 11.1 Å². The van der Waals surface area contributed by atoms with E-state index in [1.54, 1.807) is 6.92 Å². The van der Waals surface area contributed by atoms with Crippen LogP contribution in [0.5, 0.6) is 5.75 Å². The van der Waals surface area contributed by atoms with E-state index in [0.717, 1.165) is 12.0 Å². The molecule has 150 valence electrons. The van der Waals surface area contributed by atoms with Gasteiger partial charge in [-0.25, -0.2) is 0 Å². The number of hydrogen-bond acceptors (Lipinski definition) is 3. The van der Waals surface area contributed by atoms with Gasteiger partial charge in [-0.15, -0.1) is 0 Å². The summed E-state index contributed by atoms with van der Waals surface area (Å²) < 4.78 is 5.61. The zero-order valence-corrected chi connectivity index (χ0v) is 17.0. The number of allylic oxidation sites excluding steroid dienone is 1. The molecule has 29 heavy (non-hydrogen) atoms. The normalized spacial score (nSPS) is 14.1. The summed E-state index contributed by atoms with van der Waals surface area (Å²) in [6, 6.07) is 28.8. The fraction of sp³-hybridized carbons (Fsp3) is 0.231. The van der Waals surface area contributed by atoms with Crippen molar-refractivity contribution in [2.45, 2.75) is 32.5 Å². The predicted octanol–water partition coefficient (Wildman–Crippen LogP) is 5.18. The highest BCUT2D eigenvalue weighted by Gasteiger charge is 2.14. The Morgan fingerprint density at radius 2 is 1.28 bits per heavy atom. The largest absolute Gasteiger partial charge is 0.491 e. The number of aliphatic hydroxyl groups excluding tert-OH is 2. The molecule has 0 unspecified atom stereocenters. The maximum absolute atomic E-state index is 9.73. The van der Waals surface area contributed by atoms with Crippen LogP contribution in [-0.4, -0.2) is 29.0 Å². The second-order valence-corrected chi connectivity index (χ2v) is 7.08. The fourth-order valence-electron chi connectivity index (χ4n) is 3.32. The Balaban J connectivity index is 1.98. The second kappa shape index (κ2) is 10.1. The van der Waals surface area contributed by atoms with Crippen LogP contribution in [0.4, 0.5) is 0 Å². The SMILES string of the molecule is CC/C(=C(\c1ccccc1)c1ccc(OC[C@@H](O)[C@@H](C)O)cc1)c1ccccc1. The van der Waals surface area contributed by atoms with Gasteiger partial charge in [-0.05, 0) is 53.3 Å². The third-order valence-electron chi connectivity index (χ3n) is 4.96. The lowest BCUT2D eigenvalue weighted by Crippen LogP contribution is -2.29. The van der Waals surface area contributed by atoms with E-state index in [1.807, 2.05) is 36.4 Å². The van der Waals surface area contributed by atoms with Crippen LogP contribution in [0.15, 0.2) is 84.9 Å². The Morgan fingerprint density at radius 3 is 1.79 bits per heavy atom. The van der Waals surface area contributed by atoms with Crippen LogP contribution >= 0.6 is 0 Å². The summed E-state index contributed by atoms with van der Waals surface area (Å²) >= 11 is 0. The first-order chi connectivity index (χ1) is 14.1. The van der Waals surface area contributed by atoms with Crippen molar-refractivity contribution in [1.82, 2.24) is 0 Å². The van der Waals surface area contributed by atoms with Crippen molar-refractivity contribution in [2.75, 3.05) is 6.61 Å². The molecule has 0 saturated heterocycles. The van der Waals surface area contributed by atoms with Gasteiger partial charge in [0.05, 0.1) is 6.10 Å². The maximum atomic E-state index is 9.73. The molecule has 3 aromatic carbocycles. The van der Waals surface area contributed by atoms with Crippen LogP contribution in [-0.2, 0) is 0 Å². The lowest BCUT2D eigenvalue weighted by Gasteiger charge is -2.17.